The van der Waals surface area contributed by atoms with Gasteiger partial charge in [0.2, 0.25) is 0 Å². The number of rotatable bonds is 10. The summed E-state index contributed by atoms with van der Waals surface area (Å²) in [5.74, 6) is -0.936. The van der Waals surface area contributed by atoms with Crippen LogP contribution in [0.15, 0.2) is 24.3 Å². The second-order valence-corrected chi connectivity index (χ2v) is 13.0. The molecular formula is C27H40FN5O8S. The van der Waals surface area contributed by atoms with E-state index in [4.69, 9.17) is 19.0 Å². The molecule has 1 aromatic carbocycles. The van der Waals surface area contributed by atoms with Crippen LogP contribution in [0.5, 0.6) is 0 Å². The molecule has 3 atom stereocenters. The number of hydrogen-bond donors (Lipinski definition) is 1. The molecule has 234 valence electrons. The number of hydrogen-bond acceptors (Lipinski definition) is 9. The standard InChI is InChI=1S/C27H40FN5O8S/c1-38-16-17-40-26(35)31-19-23-9-10-27(20-31,25(34)29-41-24-4-2-3-15-39-24)33(23)42(36,37)32-13-11-30(12-14-32)18-21-5-7-22(28)8-6-21/h5-8,23-24H,2-4,9-20H2,1H3,(H,29,34). The van der Waals surface area contributed by atoms with Gasteiger partial charge in [-0.1, -0.05) is 12.1 Å². The zero-order chi connectivity index (χ0) is 29.7. The second kappa shape index (κ2) is 13.5. The molecule has 0 aromatic heterocycles. The number of methoxy groups -OCH3 is 1. The summed E-state index contributed by atoms with van der Waals surface area (Å²) in [4.78, 5) is 35.8. The highest BCUT2D eigenvalue weighted by molar-refractivity contribution is 7.86. The van der Waals surface area contributed by atoms with Gasteiger partial charge >= 0.3 is 6.09 Å². The van der Waals surface area contributed by atoms with Crippen molar-refractivity contribution < 1.29 is 41.4 Å². The van der Waals surface area contributed by atoms with E-state index >= 15 is 0 Å². The molecular weight excluding hydrogens is 573 g/mol. The summed E-state index contributed by atoms with van der Waals surface area (Å²) in [7, 11) is -2.60. The molecule has 2 bridgehead atoms. The number of piperazine rings is 2. The molecule has 15 heteroatoms. The van der Waals surface area contributed by atoms with Crippen molar-refractivity contribution in [2.45, 2.75) is 56.5 Å². The largest absolute Gasteiger partial charge is 0.447 e. The van der Waals surface area contributed by atoms with Crippen molar-refractivity contribution in [3.05, 3.63) is 35.6 Å². The molecule has 0 spiro atoms. The van der Waals surface area contributed by atoms with Crippen molar-refractivity contribution in [1.82, 2.24) is 23.9 Å². The van der Waals surface area contributed by atoms with Crippen molar-refractivity contribution in [1.29, 1.82) is 0 Å². The van der Waals surface area contributed by atoms with Crippen LogP contribution in [0.2, 0.25) is 0 Å². The first-order valence-electron chi connectivity index (χ1n) is 14.5. The van der Waals surface area contributed by atoms with Gasteiger partial charge in [-0.15, -0.1) is 0 Å². The Hall–Kier alpha value is -2.40. The van der Waals surface area contributed by atoms with Gasteiger partial charge in [-0.3, -0.25) is 9.69 Å². The Labute approximate surface area is 245 Å². The van der Waals surface area contributed by atoms with Crippen LogP contribution in [0, 0.1) is 5.82 Å². The van der Waals surface area contributed by atoms with Crippen LogP contribution in [-0.4, -0.2) is 123 Å². The van der Waals surface area contributed by atoms with E-state index in [0.29, 0.717) is 39.1 Å². The summed E-state index contributed by atoms with van der Waals surface area (Å²) >= 11 is 0. The van der Waals surface area contributed by atoms with Crippen molar-refractivity contribution in [3.8, 4) is 0 Å². The Morgan fingerprint density at radius 2 is 1.86 bits per heavy atom. The number of likely N-dealkylation sites (tertiary alicyclic amines) is 1. The quantitative estimate of drug-likeness (QED) is 0.304. The highest BCUT2D eigenvalue weighted by atomic mass is 32.2. The van der Waals surface area contributed by atoms with E-state index < -0.39 is 40.1 Å². The van der Waals surface area contributed by atoms with E-state index in [2.05, 4.69) is 10.4 Å². The highest BCUT2D eigenvalue weighted by Crippen LogP contribution is 2.43. The monoisotopic (exact) mass is 613 g/mol. The fraction of sp³-hybridized carbons (Fsp3) is 0.704. The van der Waals surface area contributed by atoms with Gasteiger partial charge in [0.25, 0.3) is 16.1 Å². The molecule has 13 nitrogen and oxygen atoms in total. The molecule has 1 aromatic rings. The summed E-state index contributed by atoms with van der Waals surface area (Å²) in [5, 5.41) is 0. The van der Waals surface area contributed by atoms with Crippen LogP contribution >= 0.6 is 0 Å². The van der Waals surface area contributed by atoms with E-state index in [1.54, 1.807) is 12.1 Å². The number of amides is 2. The minimum Gasteiger partial charge on any atom is -0.447 e. The lowest BCUT2D eigenvalue weighted by Crippen LogP contribution is -2.71. The average molecular weight is 614 g/mol. The average Bonchev–Trinajstić information content (AvgIpc) is 3.26. The predicted octanol–water partition coefficient (Wildman–Crippen LogP) is 1.06. The molecule has 1 N–H and O–H groups in total. The Morgan fingerprint density at radius 1 is 1.10 bits per heavy atom. The van der Waals surface area contributed by atoms with Gasteiger partial charge in [-0.05, 0) is 43.4 Å². The third-order valence-electron chi connectivity index (χ3n) is 8.37. The minimum absolute atomic E-state index is 0.0437. The Morgan fingerprint density at radius 3 is 2.55 bits per heavy atom. The smallest absolute Gasteiger partial charge is 0.409 e. The number of nitrogens with one attached hydrogen (secondary N) is 1. The van der Waals surface area contributed by atoms with Crippen LogP contribution in [0.3, 0.4) is 0 Å². The molecule has 4 aliphatic heterocycles. The number of ether oxygens (including phenoxy) is 3. The summed E-state index contributed by atoms with van der Waals surface area (Å²) in [6.07, 6.45) is 1.79. The minimum atomic E-state index is -4.10. The molecule has 0 aliphatic carbocycles. The van der Waals surface area contributed by atoms with Gasteiger partial charge in [0.05, 0.1) is 13.2 Å². The third kappa shape index (κ3) is 6.72. The summed E-state index contributed by atoms with van der Waals surface area (Å²) in [6, 6.07) is 5.66. The SMILES string of the molecule is COCCOC(=O)N1CC2CCC(C(=O)NOC3CCCCO3)(C1)N2S(=O)(=O)N1CCN(Cc2ccc(F)cc2)CC1. The number of carbonyl (C=O) groups is 2. The zero-order valence-electron chi connectivity index (χ0n) is 23.9. The number of fused-ring (bicyclic) bond motifs is 2. The molecule has 42 heavy (non-hydrogen) atoms. The first-order valence-corrected chi connectivity index (χ1v) is 15.9. The van der Waals surface area contributed by atoms with Crippen LogP contribution in [0.25, 0.3) is 0 Å². The predicted molar refractivity (Wildman–Crippen MR) is 147 cm³/mol. The zero-order valence-corrected chi connectivity index (χ0v) is 24.7. The van der Waals surface area contributed by atoms with Gasteiger partial charge in [0.15, 0.2) is 6.29 Å². The maximum absolute atomic E-state index is 14.2. The maximum Gasteiger partial charge on any atom is 0.409 e. The Bertz CT molecular complexity index is 1190. The molecule has 4 fully saturated rings. The van der Waals surface area contributed by atoms with Gasteiger partial charge in [0.1, 0.15) is 18.0 Å². The number of hydroxylamine groups is 1. The maximum atomic E-state index is 14.2. The molecule has 4 aliphatic rings. The summed E-state index contributed by atoms with van der Waals surface area (Å²) in [5.41, 5.74) is 1.85. The van der Waals surface area contributed by atoms with E-state index in [1.807, 2.05) is 0 Å². The highest BCUT2D eigenvalue weighted by Gasteiger charge is 2.62. The molecule has 3 unspecified atom stereocenters. The number of halogens is 1. The molecule has 4 heterocycles. The summed E-state index contributed by atoms with van der Waals surface area (Å²) < 4.78 is 60.2. The van der Waals surface area contributed by atoms with Gasteiger partial charge in [-0.2, -0.15) is 17.0 Å². The van der Waals surface area contributed by atoms with E-state index in [9.17, 15) is 22.4 Å². The fourth-order valence-corrected chi connectivity index (χ4v) is 8.27. The number of carbonyl (C=O) groups excluding carboxylic acids is 2. The lowest BCUT2D eigenvalue weighted by atomic mass is 9.96. The van der Waals surface area contributed by atoms with Crippen molar-refractivity contribution in [2.75, 3.05) is 66.2 Å². The van der Waals surface area contributed by atoms with Crippen LogP contribution < -0.4 is 5.48 Å². The summed E-state index contributed by atoms with van der Waals surface area (Å²) in [6.45, 7) is 2.73. The van der Waals surface area contributed by atoms with E-state index in [1.165, 1.54) is 32.8 Å². The lowest BCUT2D eigenvalue weighted by Gasteiger charge is -2.48. The Balaban J connectivity index is 1.31. The number of nitrogens with zero attached hydrogens (tertiary/aromatic N) is 4. The lowest BCUT2D eigenvalue weighted by molar-refractivity contribution is -0.205. The Kier molecular flexibility index (Phi) is 9.97. The molecule has 4 saturated heterocycles. The van der Waals surface area contributed by atoms with Crippen LogP contribution in [0.1, 0.15) is 37.7 Å². The van der Waals surface area contributed by atoms with Crippen molar-refractivity contribution in [2.24, 2.45) is 0 Å². The number of benzene rings is 1. The van der Waals surface area contributed by atoms with Gasteiger partial charge in [-0.25, -0.2) is 19.5 Å². The van der Waals surface area contributed by atoms with E-state index in [0.717, 1.165) is 18.4 Å². The van der Waals surface area contributed by atoms with Gasteiger partial charge < -0.3 is 19.1 Å². The van der Waals surface area contributed by atoms with Crippen LogP contribution in [-0.2, 0) is 40.6 Å². The first-order chi connectivity index (χ1) is 20.2. The molecule has 0 radical (unpaired) electrons. The molecule has 2 amide bonds. The van der Waals surface area contributed by atoms with E-state index in [-0.39, 0.29) is 51.6 Å². The molecule has 0 saturated carbocycles. The fourth-order valence-electron chi connectivity index (χ4n) is 6.18. The van der Waals surface area contributed by atoms with Crippen molar-refractivity contribution >= 4 is 22.2 Å². The van der Waals surface area contributed by atoms with Crippen molar-refractivity contribution in [3.63, 3.8) is 0 Å². The van der Waals surface area contributed by atoms with Gasteiger partial charge in [0, 0.05) is 65.4 Å². The topological polar surface area (TPSA) is 130 Å². The second-order valence-electron chi connectivity index (χ2n) is 11.2. The van der Waals surface area contributed by atoms with Crippen LogP contribution in [0.4, 0.5) is 9.18 Å². The first kappa shape index (κ1) is 31.0. The molecule has 5 rings (SSSR count). The normalized spacial score (nSPS) is 27.6. The third-order valence-corrected chi connectivity index (χ3v) is 10.5.